The number of hydrogen-bond acceptors (Lipinski definition) is 5. The fraction of sp³-hybridized carbons (Fsp3) is 0.462. The number of carbonyl (C=O) groups is 2. The average molecular weight is 522 g/mol. The molecule has 2 aromatic carbocycles. The minimum atomic E-state index is -1.18. The van der Waals surface area contributed by atoms with Crippen LogP contribution in [0.25, 0.3) is 0 Å². The maximum Gasteiger partial charge on any atom is 0.404 e. The molecule has 1 fully saturated rings. The molecule has 3 unspecified atom stereocenters. The fourth-order valence-corrected chi connectivity index (χ4v) is 4.47. The molecule has 0 aliphatic carbocycles. The molecule has 10 heteroatoms. The first-order valence-corrected chi connectivity index (χ1v) is 12.4. The highest BCUT2D eigenvalue weighted by molar-refractivity contribution is 6.30. The van der Waals surface area contributed by atoms with Crippen LogP contribution in [0, 0.1) is 11.7 Å². The highest BCUT2D eigenvalue weighted by Crippen LogP contribution is 2.30. The SMILES string of the molecule is CNC(CNC(=O)c1ccc(F)c(C(OCCNC(=O)O)c2cccc(Cl)c2)c1)CC1CCCOC1. The molecule has 0 spiro atoms. The van der Waals surface area contributed by atoms with Crippen molar-refractivity contribution in [2.24, 2.45) is 5.92 Å². The summed E-state index contributed by atoms with van der Waals surface area (Å²) in [7, 11) is 1.86. The van der Waals surface area contributed by atoms with E-state index in [1.54, 1.807) is 24.3 Å². The molecule has 196 valence electrons. The molecule has 3 atom stereocenters. The normalized spacial score (nSPS) is 17.2. The third-order valence-electron chi connectivity index (χ3n) is 6.14. The first-order chi connectivity index (χ1) is 17.4. The van der Waals surface area contributed by atoms with Gasteiger partial charge >= 0.3 is 6.09 Å². The standard InChI is InChI=1S/C26H33ClFN3O5/c1-29-21(12-17-4-3-10-35-16-17)15-31-25(32)19-7-8-23(28)22(14-19)24(36-11-9-30-26(33)34)18-5-2-6-20(27)13-18/h2,5-8,13-14,17,21,24,29-30H,3-4,9-12,15-16H2,1H3,(H,31,32)(H,33,34). The second kappa shape index (κ2) is 14.1. The molecular formula is C26H33ClFN3O5. The van der Waals surface area contributed by atoms with Crippen LogP contribution < -0.4 is 16.0 Å². The first kappa shape index (κ1) is 27.9. The third-order valence-corrected chi connectivity index (χ3v) is 6.38. The van der Waals surface area contributed by atoms with Crippen LogP contribution >= 0.6 is 11.6 Å². The van der Waals surface area contributed by atoms with Crippen molar-refractivity contribution < 1.29 is 28.6 Å². The average Bonchev–Trinajstić information content (AvgIpc) is 2.87. The Kier molecular flexibility index (Phi) is 10.9. The minimum absolute atomic E-state index is 0.00588. The number of hydrogen-bond donors (Lipinski definition) is 4. The summed E-state index contributed by atoms with van der Waals surface area (Å²) < 4.78 is 26.4. The van der Waals surface area contributed by atoms with E-state index in [-0.39, 0.29) is 30.7 Å². The van der Waals surface area contributed by atoms with E-state index >= 15 is 0 Å². The summed E-state index contributed by atoms with van der Waals surface area (Å²) >= 11 is 6.14. The van der Waals surface area contributed by atoms with Gasteiger partial charge in [-0.25, -0.2) is 9.18 Å². The van der Waals surface area contributed by atoms with E-state index in [0.29, 0.717) is 28.6 Å². The van der Waals surface area contributed by atoms with E-state index in [1.165, 1.54) is 18.2 Å². The van der Waals surface area contributed by atoms with Crippen LogP contribution in [0.15, 0.2) is 42.5 Å². The number of amides is 2. The molecule has 1 aliphatic rings. The molecule has 0 bridgehead atoms. The lowest BCUT2D eigenvalue weighted by molar-refractivity contribution is 0.0478. The number of likely N-dealkylation sites (N-methyl/N-ethyl adjacent to an activating group) is 1. The summed E-state index contributed by atoms with van der Waals surface area (Å²) in [4.78, 5) is 23.7. The molecule has 1 aliphatic heterocycles. The smallest absolute Gasteiger partial charge is 0.404 e. The maximum atomic E-state index is 15.0. The molecule has 0 aromatic heterocycles. The van der Waals surface area contributed by atoms with Crippen LogP contribution in [0.3, 0.4) is 0 Å². The van der Waals surface area contributed by atoms with Crippen LogP contribution in [-0.4, -0.2) is 63.1 Å². The van der Waals surface area contributed by atoms with Gasteiger partial charge < -0.3 is 30.5 Å². The zero-order valence-corrected chi connectivity index (χ0v) is 21.0. The van der Waals surface area contributed by atoms with Gasteiger partial charge in [-0.15, -0.1) is 0 Å². The molecule has 1 saturated heterocycles. The van der Waals surface area contributed by atoms with Gasteiger partial charge in [-0.05, 0) is 68.1 Å². The van der Waals surface area contributed by atoms with Crippen LogP contribution in [0.4, 0.5) is 9.18 Å². The largest absolute Gasteiger partial charge is 0.465 e. The van der Waals surface area contributed by atoms with Crippen LogP contribution in [0.1, 0.15) is 46.9 Å². The van der Waals surface area contributed by atoms with Crippen molar-refractivity contribution in [2.45, 2.75) is 31.4 Å². The van der Waals surface area contributed by atoms with Crippen LogP contribution in [-0.2, 0) is 9.47 Å². The number of benzene rings is 2. The van der Waals surface area contributed by atoms with Gasteiger partial charge in [0, 0.05) is 48.5 Å². The van der Waals surface area contributed by atoms with Gasteiger partial charge in [-0.2, -0.15) is 0 Å². The van der Waals surface area contributed by atoms with E-state index in [9.17, 15) is 14.0 Å². The predicted octanol–water partition coefficient (Wildman–Crippen LogP) is 3.99. The lowest BCUT2D eigenvalue weighted by Crippen LogP contribution is -2.41. The third kappa shape index (κ3) is 8.44. The number of carbonyl (C=O) groups excluding carboxylic acids is 1. The highest BCUT2D eigenvalue weighted by Gasteiger charge is 2.23. The van der Waals surface area contributed by atoms with Crippen molar-refractivity contribution in [3.05, 3.63) is 70.0 Å². The maximum absolute atomic E-state index is 15.0. The second-order valence-corrected chi connectivity index (χ2v) is 9.22. The van der Waals surface area contributed by atoms with Crippen molar-refractivity contribution >= 4 is 23.6 Å². The summed E-state index contributed by atoms with van der Waals surface area (Å²) in [6, 6.07) is 11.0. The second-order valence-electron chi connectivity index (χ2n) is 8.79. The Labute approximate surface area is 215 Å². The van der Waals surface area contributed by atoms with E-state index in [4.69, 9.17) is 26.2 Å². The first-order valence-electron chi connectivity index (χ1n) is 12.0. The lowest BCUT2D eigenvalue weighted by Gasteiger charge is -2.26. The zero-order chi connectivity index (χ0) is 25.9. The number of ether oxygens (including phenoxy) is 2. The van der Waals surface area contributed by atoms with Gasteiger partial charge in [0.15, 0.2) is 0 Å². The highest BCUT2D eigenvalue weighted by atomic mass is 35.5. The Morgan fingerprint density at radius 3 is 2.78 bits per heavy atom. The van der Waals surface area contributed by atoms with Gasteiger partial charge in [0.05, 0.1) is 6.61 Å². The summed E-state index contributed by atoms with van der Waals surface area (Å²) in [6.07, 6.45) is 0.983. The van der Waals surface area contributed by atoms with Gasteiger partial charge in [0.25, 0.3) is 5.91 Å². The topological polar surface area (TPSA) is 109 Å². The molecule has 3 rings (SSSR count). The summed E-state index contributed by atoms with van der Waals surface area (Å²) in [6.45, 7) is 1.98. The molecule has 36 heavy (non-hydrogen) atoms. The quantitative estimate of drug-likeness (QED) is 0.314. The fourth-order valence-electron chi connectivity index (χ4n) is 4.27. The number of halogens is 2. The van der Waals surface area contributed by atoms with Gasteiger partial charge in [0.1, 0.15) is 11.9 Å². The van der Waals surface area contributed by atoms with Crippen molar-refractivity contribution in [3.63, 3.8) is 0 Å². The number of rotatable bonds is 12. The predicted molar refractivity (Wildman–Crippen MR) is 135 cm³/mol. The minimum Gasteiger partial charge on any atom is -0.465 e. The van der Waals surface area contributed by atoms with Crippen molar-refractivity contribution in [1.29, 1.82) is 0 Å². The zero-order valence-electron chi connectivity index (χ0n) is 20.3. The molecule has 8 nitrogen and oxygen atoms in total. The molecule has 4 N–H and O–H groups in total. The van der Waals surface area contributed by atoms with Crippen LogP contribution in [0.5, 0.6) is 0 Å². The van der Waals surface area contributed by atoms with Crippen LogP contribution in [0.2, 0.25) is 5.02 Å². The number of nitrogens with one attached hydrogen (secondary N) is 3. The Bertz CT molecular complexity index is 1020. The Balaban J connectivity index is 1.72. The molecule has 2 aromatic rings. The van der Waals surface area contributed by atoms with Gasteiger partial charge in [0.2, 0.25) is 0 Å². The van der Waals surface area contributed by atoms with E-state index in [2.05, 4.69) is 16.0 Å². The van der Waals surface area contributed by atoms with Crippen molar-refractivity contribution in [3.8, 4) is 0 Å². The summed E-state index contributed by atoms with van der Waals surface area (Å²) in [5.41, 5.74) is 1.03. The summed E-state index contributed by atoms with van der Waals surface area (Å²) in [5.74, 6) is -0.418. The van der Waals surface area contributed by atoms with E-state index in [1.807, 2.05) is 7.05 Å². The summed E-state index contributed by atoms with van der Waals surface area (Å²) in [5, 5.41) is 17.6. The molecule has 0 saturated carbocycles. The Morgan fingerprint density at radius 2 is 2.08 bits per heavy atom. The monoisotopic (exact) mass is 521 g/mol. The Morgan fingerprint density at radius 1 is 1.25 bits per heavy atom. The number of carboxylic acid groups (broad SMARTS) is 1. The van der Waals surface area contributed by atoms with Crippen molar-refractivity contribution in [1.82, 2.24) is 16.0 Å². The molecular weight excluding hydrogens is 489 g/mol. The molecule has 1 heterocycles. The Hall–Kier alpha value is -2.72. The lowest BCUT2D eigenvalue weighted by atomic mass is 9.94. The molecule has 0 radical (unpaired) electrons. The van der Waals surface area contributed by atoms with E-state index in [0.717, 1.165) is 32.5 Å². The van der Waals surface area contributed by atoms with Gasteiger partial charge in [-0.1, -0.05) is 23.7 Å². The van der Waals surface area contributed by atoms with Crippen molar-refractivity contribution in [2.75, 3.05) is 40.0 Å². The van der Waals surface area contributed by atoms with E-state index < -0.39 is 18.0 Å². The molecule has 2 amide bonds. The van der Waals surface area contributed by atoms with Gasteiger partial charge in [-0.3, -0.25) is 4.79 Å².